The van der Waals surface area contributed by atoms with E-state index in [2.05, 4.69) is 44.4 Å². The molecular weight excluding hydrogens is 214 g/mol. The monoisotopic (exact) mass is 231 g/mol. The normalized spacial score (nSPS) is 8.53. The van der Waals surface area contributed by atoms with Crippen LogP contribution in [-0.2, 0) is 11.3 Å². The highest BCUT2D eigenvalue weighted by atomic mass is 35.5. The number of carboxylic acids is 1. The molecule has 1 aromatic carbocycles. The van der Waals surface area contributed by atoms with Crippen molar-refractivity contribution in [2.24, 2.45) is 0 Å². The standard InChI is InChI=1S/C9H13N.C2H4O2.ClH/c1-10(2)8-9-6-4-3-5-7-9;1-2(3)4;/h3-7H,8H2,1-2H3;1H3,(H,3,4);1H. The summed E-state index contributed by atoms with van der Waals surface area (Å²) in [4.78, 5) is 10.5. The van der Waals surface area contributed by atoms with Gasteiger partial charge in [-0.15, -0.1) is 0 Å². The lowest BCUT2D eigenvalue weighted by Crippen LogP contribution is -3.04. The van der Waals surface area contributed by atoms with Crippen molar-refractivity contribution in [2.45, 2.75) is 13.5 Å². The Bertz CT molecular complexity index is 259. The van der Waals surface area contributed by atoms with Crippen molar-refractivity contribution in [3.63, 3.8) is 0 Å². The first kappa shape index (κ1) is 16.4. The van der Waals surface area contributed by atoms with Crippen LogP contribution >= 0.6 is 0 Å². The topological polar surface area (TPSA) is 41.7 Å². The fourth-order valence-corrected chi connectivity index (χ4v) is 1.00. The van der Waals surface area contributed by atoms with Crippen molar-refractivity contribution in [3.05, 3.63) is 35.9 Å². The van der Waals surface area contributed by atoms with Gasteiger partial charge in [0.2, 0.25) is 0 Å². The molecule has 86 valence electrons. The number of hydrogen-bond acceptors (Lipinski definition) is 1. The first-order valence-corrected chi connectivity index (χ1v) is 4.55. The van der Waals surface area contributed by atoms with E-state index in [1.54, 1.807) is 0 Å². The van der Waals surface area contributed by atoms with Gasteiger partial charge in [-0.25, -0.2) is 0 Å². The smallest absolute Gasteiger partial charge is 0.300 e. The van der Waals surface area contributed by atoms with Crippen molar-refractivity contribution in [3.8, 4) is 0 Å². The second kappa shape index (κ2) is 9.49. The summed E-state index contributed by atoms with van der Waals surface area (Å²) in [6.07, 6.45) is 0. The number of quaternary nitrogens is 1. The number of nitrogens with one attached hydrogen (secondary N) is 1. The summed E-state index contributed by atoms with van der Waals surface area (Å²) in [6.45, 7) is 2.20. The predicted octanol–water partition coefficient (Wildman–Crippen LogP) is -2.57. The molecule has 4 heteroatoms. The lowest BCUT2D eigenvalue weighted by atomic mass is 10.2. The third-order valence-electron chi connectivity index (χ3n) is 1.40. The van der Waals surface area contributed by atoms with E-state index in [1.165, 1.54) is 10.5 Å². The number of benzene rings is 1. The van der Waals surface area contributed by atoms with Crippen LogP contribution in [0, 0.1) is 0 Å². The van der Waals surface area contributed by atoms with E-state index in [0.29, 0.717) is 0 Å². The van der Waals surface area contributed by atoms with Gasteiger partial charge >= 0.3 is 0 Å². The summed E-state index contributed by atoms with van der Waals surface area (Å²) in [6, 6.07) is 10.5. The average molecular weight is 232 g/mol. The maximum Gasteiger partial charge on any atom is 0.300 e. The molecule has 1 rings (SSSR count). The average Bonchev–Trinajstić information content (AvgIpc) is 2.03. The molecule has 0 aliphatic carbocycles. The Morgan fingerprint density at radius 3 is 2.00 bits per heavy atom. The van der Waals surface area contributed by atoms with Crippen molar-refractivity contribution < 1.29 is 27.2 Å². The fourth-order valence-electron chi connectivity index (χ4n) is 1.00. The number of aliphatic carboxylic acids is 1. The second-order valence-electron chi connectivity index (χ2n) is 3.39. The minimum absolute atomic E-state index is 0. The molecule has 2 N–H and O–H groups in total. The molecule has 15 heavy (non-hydrogen) atoms. The van der Waals surface area contributed by atoms with Gasteiger partial charge in [-0.05, 0) is 0 Å². The summed E-state index contributed by atoms with van der Waals surface area (Å²) in [5, 5.41) is 7.42. The number of halogens is 1. The lowest BCUT2D eigenvalue weighted by Gasteiger charge is -2.05. The number of carbonyl (C=O) groups is 1. The molecule has 0 bridgehead atoms. The van der Waals surface area contributed by atoms with Crippen LogP contribution in [0.15, 0.2) is 30.3 Å². The minimum atomic E-state index is -0.833. The van der Waals surface area contributed by atoms with Crippen LogP contribution in [0.4, 0.5) is 0 Å². The Morgan fingerprint density at radius 1 is 1.27 bits per heavy atom. The second-order valence-corrected chi connectivity index (χ2v) is 3.39. The fraction of sp³-hybridized carbons (Fsp3) is 0.364. The van der Waals surface area contributed by atoms with Gasteiger partial charge in [-0.1, -0.05) is 30.3 Å². The summed E-state index contributed by atoms with van der Waals surface area (Å²) in [5.74, 6) is -0.833. The van der Waals surface area contributed by atoms with Crippen molar-refractivity contribution >= 4 is 5.97 Å². The van der Waals surface area contributed by atoms with E-state index >= 15 is 0 Å². The summed E-state index contributed by atoms with van der Waals surface area (Å²) >= 11 is 0. The van der Waals surface area contributed by atoms with Gasteiger partial charge in [0.1, 0.15) is 6.54 Å². The third kappa shape index (κ3) is 12.9. The van der Waals surface area contributed by atoms with E-state index in [9.17, 15) is 0 Å². The summed E-state index contributed by atoms with van der Waals surface area (Å²) < 4.78 is 0. The van der Waals surface area contributed by atoms with Crippen molar-refractivity contribution in [1.82, 2.24) is 0 Å². The van der Waals surface area contributed by atoms with Crippen LogP contribution < -0.4 is 17.3 Å². The molecule has 0 heterocycles. The largest absolute Gasteiger partial charge is 1.00 e. The van der Waals surface area contributed by atoms with Gasteiger partial charge in [0.05, 0.1) is 14.1 Å². The predicted molar refractivity (Wildman–Crippen MR) is 56.3 cm³/mol. The molecule has 0 amide bonds. The van der Waals surface area contributed by atoms with Crippen molar-refractivity contribution in [1.29, 1.82) is 0 Å². The van der Waals surface area contributed by atoms with E-state index in [4.69, 9.17) is 9.90 Å². The molecule has 0 fully saturated rings. The zero-order valence-electron chi connectivity index (χ0n) is 9.33. The van der Waals surface area contributed by atoms with E-state index in [-0.39, 0.29) is 12.4 Å². The molecule has 0 saturated heterocycles. The van der Waals surface area contributed by atoms with Crippen LogP contribution in [-0.4, -0.2) is 25.2 Å². The zero-order chi connectivity index (χ0) is 11.0. The van der Waals surface area contributed by atoms with Crippen LogP contribution in [0.3, 0.4) is 0 Å². The number of rotatable bonds is 2. The molecule has 0 aliphatic heterocycles. The third-order valence-corrected chi connectivity index (χ3v) is 1.40. The van der Waals surface area contributed by atoms with Crippen LogP contribution in [0.25, 0.3) is 0 Å². The maximum absolute atomic E-state index is 9.00. The van der Waals surface area contributed by atoms with Gasteiger partial charge in [-0.3, -0.25) is 4.79 Å². The molecule has 0 saturated carbocycles. The highest BCUT2D eigenvalue weighted by molar-refractivity contribution is 5.62. The first-order chi connectivity index (χ1) is 6.52. The highest BCUT2D eigenvalue weighted by Crippen LogP contribution is 1.94. The Morgan fingerprint density at radius 2 is 1.67 bits per heavy atom. The molecule has 0 aromatic heterocycles. The Hall–Kier alpha value is -1.06. The SMILES string of the molecule is CC(=O)O.C[NH+](C)Cc1ccccc1.[Cl-]. The van der Waals surface area contributed by atoms with Gasteiger partial charge in [-0.2, -0.15) is 0 Å². The van der Waals surface area contributed by atoms with E-state index < -0.39 is 5.97 Å². The van der Waals surface area contributed by atoms with E-state index in [0.717, 1.165) is 13.5 Å². The first-order valence-electron chi connectivity index (χ1n) is 4.55. The van der Waals surface area contributed by atoms with Crippen LogP contribution in [0.2, 0.25) is 0 Å². The quantitative estimate of drug-likeness (QED) is 0.588. The molecule has 0 spiro atoms. The van der Waals surface area contributed by atoms with E-state index in [1.807, 2.05) is 0 Å². The Balaban J connectivity index is 0. The minimum Gasteiger partial charge on any atom is -1.00 e. The highest BCUT2D eigenvalue weighted by Gasteiger charge is 1.93. The zero-order valence-corrected chi connectivity index (χ0v) is 10.1. The molecule has 1 aromatic rings. The molecule has 0 radical (unpaired) electrons. The van der Waals surface area contributed by atoms with Gasteiger partial charge < -0.3 is 22.4 Å². The molecule has 3 nitrogen and oxygen atoms in total. The maximum atomic E-state index is 9.00. The lowest BCUT2D eigenvalue weighted by molar-refractivity contribution is -0.872. The molecule has 0 aliphatic rings. The van der Waals surface area contributed by atoms with Crippen molar-refractivity contribution in [2.75, 3.05) is 14.1 Å². The molecule has 0 atom stereocenters. The number of hydrogen-bond donors (Lipinski definition) is 2. The summed E-state index contributed by atoms with van der Waals surface area (Å²) in [7, 11) is 4.32. The van der Waals surface area contributed by atoms with Crippen LogP contribution in [0.1, 0.15) is 12.5 Å². The van der Waals surface area contributed by atoms with Crippen LogP contribution in [0.5, 0.6) is 0 Å². The summed E-state index contributed by atoms with van der Waals surface area (Å²) in [5.41, 5.74) is 1.41. The Labute approximate surface area is 97.1 Å². The molecule has 0 unspecified atom stereocenters. The van der Waals surface area contributed by atoms with Gasteiger partial charge in [0, 0.05) is 12.5 Å². The molecular formula is C11H18ClNO2. The van der Waals surface area contributed by atoms with Gasteiger partial charge in [0.25, 0.3) is 5.97 Å². The Kier molecular flexibility index (Phi) is 10.4. The number of carboxylic acid groups (broad SMARTS) is 1. The van der Waals surface area contributed by atoms with Gasteiger partial charge in [0.15, 0.2) is 0 Å².